The van der Waals surface area contributed by atoms with Gasteiger partial charge < -0.3 is 24.1 Å². The summed E-state index contributed by atoms with van der Waals surface area (Å²) in [6.07, 6.45) is 3.98. The van der Waals surface area contributed by atoms with Crippen LogP contribution in [0.1, 0.15) is 88.7 Å². The van der Waals surface area contributed by atoms with Gasteiger partial charge in [0.05, 0.1) is 16.6 Å². The molecular weight excluding hydrogens is 839 g/mol. The Balaban J connectivity index is 0.00000127. The van der Waals surface area contributed by atoms with E-state index < -0.39 is 55.1 Å². The minimum Gasteiger partial charge on any atom is -0.478 e. The molecule has 15 nitrogen and oxygen atoms in total. The van der Waals surface area contributed by atoms with Crippen molar-refractivity contribution in [1.29, 1.82) is 0 Å². The quantitative estimate of drug-likeness (QED) is 0.138. The van der Waals surface area contributed by atoms with Crippen molar-refractivity contribution in [3.05, 3.63) is 134 Å². The van der Waals surface area contributed by atoms with Gasteiger partial charge in [0.25, 0.3) is 16.0 Å². The van der Waals surface area contributed by atoms with Gasteiger partial charge in [-0.2, -0.15) is 8.42 Å². The normalized spacial score (nSPS) is 18.9. The van der Waals surface area contributed by atoms with Gasteiger partial charge >= 0.3 is 22.2 Å². The van der Waals surface area contributed by atoms with Crippen molar-refractivity contribution in [3.8, 4) is 11.5 Å². The van der Waals surface area contributed by atoms with Crippen molar-refractivity contribution in [3.63, 3.8) is 0 Å². The Bertz CT molecular complexity index is 3220. The molecule has 2 N–H and O–H groups in total. The third-order valence-electron chi connectivity index (χ3n) is 12.5. The molecule has 4 aromatic carbocycles. The fourth-order valence-corrected chi connectivity index (χ4v) is 10.00. The molecule has 0 saturated carbocycles. The summed E-state index contributed by atoms with van der Waals surface area (Å²) >= 11 is 0. The van der Waals surface area contributed by atoms with Gasteiger partial charge in [0.1, 0.15) is 28.4 Å². The van der Waals surface area contributed by atoms with E-state index in [0.29, 0.717) is 61.7 Å². The van der Waals surface area contributed by atoms with Crippen LogP contribution in [0, 0.1) is 6.92 Å². The van der Waals surface area contributed by atoms with Crippen molar-refractivity contribution >= 4 is 71.8 Å². The maximum Gasteiger partial charge on any atom is 0.425 e. The van der Waals surface area contributed by atoms with Crippen LogP contribution >= 0.6 is 0 Å². The van der Waals surface area contributed by atoms with E-state index in [1.807, 2.05) is 64.0 Å². The van der Waals surface area contributed by atoms with Gasteiger partial charge in [-0.05, 0) is 94.7 Å². The Kier molecular flexibility index (Phi) is 9.51. The summed E-state index contributed by atoms with van der Waals surface area (Å²) < 4.78 is 73.3. The van der Waals surface area contributed by atoms with Gasteiger partial charge in [-0.3, -0.25) is 14.2 Å². The summed E-state index contributed by atoms with van der Waals surface area (Å²) in [4.78, 5) is 46.2. The molecule has 1 aromatic heterocycles. The minimum atomic E-state index is -4.50. The lowest BCUT2D eigenvalue weighted by Crippen LogP contribution is -2.48. The number of aromatic carboxylic acids is 1. The van der Waals surface area contributed by atoms with Gasteiger partial charge in [-0.1, -0.05) is 18.2 Å². The Morgan fingerprint density at radius 3 is 1.94 bits per heavy atom. The van der Waals surface area contributed by atoms with Crippen molar-refractivity contribution in [2.24, 2.45) is 0 Å². The van der Waals surface area contributed by atoms with E-state index in [9.17, 15) is 27.7 Å². The van der Waals surface area contributed by atoms with Crippen LogP contribution in [0.4, 0.5) is 17.1 Å². The number of allylic oxidation sites excluding steroid dienone is 1. The first-order valence-electron chi connectivity index (χ1n) is 19.3. The molecule has 17 heteroatoms. The van der Waals surface area contributed by atoms with Gasteiger partial charge in [0.15, 0.2) is 0 Å². The molecule has 0 aliphatic carbocycles. The molecule has 1 atom stereocenters. The summed E-state index contributed by atoms with van der Waals surface area (Å²) in [6, 6.07) is 18.7. The van der Waals surface area contributed by atoms with Gasteiger partial charge in [-0.15, -0.1) is 12.6 Å². The predicted octanol–water partition coefficient (Wildman–Crippen LogP) is 6.98. The average Bonchev–Trinajstić information content (AvgIpc) is 3.41. The van der Waals surface area contributed by atoms with Crippen LogP contribution in [0.3, 0.4) is 0 Å². The molecule has 0 radical (unpaired) electrons. The van der Waals surface area contributed by atoms with E-state index in [-0.39, 0.29) is 22.2 Å². The second-order valence-electron chi connectivity index (χ2n) is 17.0. The summed E-state index contributed by atoms with van der Waals surface area (Å²) in [5.74, 6) is -1.56. The van der Waals surface area contributed by atoms with Crippen molar-refractivity contribution in [2.45, 2.75) is 58.2 Å². The number of hydrogen-bond acceptors (Lipinski definition) is 12. The zero-order chi connectivity index (χ0) is 45.2. The molecule has 0 fully saturated rings. The number of nitrogens with zero attached hydrogens (tertiary/aromatic N) is 3. The molecule has 4 aliphatic heterocycles. The molecule has 320 valence electrons. The molecule has 1 unspecified atom stereocenters. The van der Waals surface area contributed by atoms with E-state index in [1.165, 1.54) is 18.2 Å². The second-order valence-corrected chi connectivity index (χ2v) is 18.9. The third-order valence-corrected chi connectivity index (χ3v) is 13.1. The molecule has 1 spiro atoms. The summed E-state index contributed by atoms with van der Waals surface area (Å²) in [5, 5.41) is 10.8. The first kappa shape index (κ1) is 42.1. The monoisotopic (exact) mass is 879 g/mol. The van der Waals surface area contributed by atoms with E-state index >= 15 is 4.79 Å². The van der Waals surface area contributed by atoms with Crippen LogP contribution in [0.15, 0.2) is 88.1 Å². The molecule has 5 heterocycles. The molecule has 4 aliphatic rings. The lowest BCUT2D eigenvalue weighted by molar-refractivity contribution is 0.0696. The van der Waals surface area contributed by atoms with Crippen molar-refractivity contribution in [1.82, 2.24) is 0 Å². The first-order valence-corrected chi connectivity index (χ1v) is 21.9. The standard InChI is InChI=1S/C45H41N3O9S.O3S/c1-23-13-40(49)57-37-15-27(10-11-28(23)37)48-41(50)31-14-25(42(51)52)9-12-32(31)45(48)33-16-29-24(2)20-43(3,4)46(7)35(29)18-38(33)56-39-19-36-30(17-34(39)45)26(22-58(53,54)55)21-44(5,6)47(36)8;1-4(2)3/h9-21H,22H2,1-8H3,(H,51,52)(H,53,54,55);. The lowest BCUT2D eigenvalue weighted by atomic mass is 9.72. The predicted molar refractivity (Wildman–Crippen MR) is 233 cm³/mol. The number of anilines is 3. The molecule has 5 aromatic rings. The zero-order valence-corrected chi connectivity index (χ0v) is 36.5. The Hall–Kier alpha value is -6.56. The number of hydrogen-bond donors (Lipinski definition) is 2. The summed E-state index contributed by atoms with van der Waals surface area (Å²) in [7, 11) is -3.71. The number of amides is 1. The largest absolute Gasteiger partial charge is 0.478 e. The smallest absolute Gasteiger partial charge is 0.425 e. The number of carboxylic acid groups (broad SMARTS) is 1. The Morgan fingerprint density at radius 2 is 1.34 bits per heavy atom. The minimum absolute atomic E-state index is 0.0857. The van der Waals surface area contributed by atoms with Gasteiger partial charge in [0.2, 0.25) is 0 Å². The van der Waals surface area contributed by atoms with Crippen molar-refractivity contribution in [2.75, 3.05) is 34.5 Å². The van der Waals surface area contributed by atoms with Crippen LogP contribution in [0.5, 0.6) is 11.5 Å². The number of carbonyl (C=O) groups is 2. The number of carboxylic acids is 1. The van der Waals surface area contributed by atoms with Crippen molar-refractivity contribution < 1.29 is 49.4 Å². The molecule has 62 heavy (non-hydrogen) atoms. The molecule has 1 amide bonds. The fraction of sp³-hybridized carbons (Fsp3) is 0.267. The molecule has 0 saturated heterocycles. The summed E-state index contributed by atoms with van der Waals surface area (Å²) in [5.41, 5.74) is 4.00. The average molecular weight is 880 g/mol. The molecule has 0 bridgehead atoms. The number of likely N-dealkylation sites (N-methyl/N-ethyl adjacent to an activating group) is 2. The number of carbonyl (C=O) groups excluding carboxylic acids is 1. The fourth-order valence-electron chi connectivity index (χ4n) is 9.36. The number of aryl methyl sites for hydroxylation is 1. The lowest BCUT2D eigenvalue weighted by Gasteiger charge is -2.47. The SMILES string of the molecule is CC1=CC(C)(C)N(C)c2cc3c(cc21)C1(c2cc4c(cc2O3)N(C)C(C)(C)C=C4CS(=O)(=O)O)c2ccc(C(=O)O)cc2C(=O)N1c1ccc2c(C)cc(=O)oc2c1.O=S(=O)=O. The van der Waals surface area contributed by atoms with Gasteiger partial charge in [0, 0.05) is 94.2 Å². The number of rotatable bonds is 4. The second kappa shape index (κ2) is 14.0. The van der Waals surface area contributed by atoms with E-state index in [2.05, 4.69) is 24.8 Å². The highest BCUT2D eigenvalue weighted by Crippen LogP contribution is 2.62. The third kappa shape index (κ3) is 6.49. The van der Waals surface area contributed by atoms with E-state index in [0.717, 1.165) is 16.8 Å². The summed E-state index contributed by atoms with van der Waals surface area (Å²) in [6.45, 7) is 11.9. The highest BCUT2D eigenvalue weighted by Gasteiger charge is 2.58. The van der Waals surface area contributed by atoms with Crippen LogP contribution in [0.25, 0.3) is 22.1 Å². The van der Waals surface area contributed by atoms with E-state index in [4.69, 9.17) is 21.8 Å². The Labute approximate surface area is 358 Å². The topological polar surface area (TPSA) is 209 Å². The highest BCUT2D eigenvalue weighted by molar-refractivity contribution is 7.86. The van der Waals surface area contributed by atoms with Crippen LogP contribution in [0.2, 0.25) is 0 Å². The van der Waals surface area contributed by atoms with Crippen LogP contribution < -0.4 is 25.1 Å². The van der Waals surface area contributed by atoms with Crippen LogP contribution in [-0.4, -0.2) is 73.5 Å². The maximum absolute atomic E-state index is 15.4. The number of fused-ring (bicyclic) bond motifs is 9. The first-order chi connectivity index (χ1) is 28.8. The van der Waals surface area contributed by atoms with E-state index in [1.54, 1.807) is 42.2 Å². The maximum atomic E-state index is 15.4. The zero-order valence-electron chi connectivity index (χ0n) is 34.8. The number of benzene rings is 4. The van der Waals surface area contributed by atoms with Crippen LogP contribution in [-0.2, 0) is 26.3 Å². The van der Waals surface area contributed by atoms with Gasteiger partial charge in [-0.25, -0.2) is 9.59 Å². The number of ether oxygens (including phenoxy) is 1. The highest BCUT2D eigenvalue weighted by atomic mass is 32.2. The Morgan fingerprint density at radius 1 is 0.758 bits per heavy atom. The molecule has 9 rings (SSSR count). The molecular formula is C45H41N3O12S2.